The lowest BCUT2D eigenvalue weighted by atomic mass is 9.36. The van der Waals surface area contributed by atoms with Crippen LogP contribution >= 0.6 is 0 Å². The number of aldehydes is 1. The van der Waals surface area contributed by atoms with Gasteiger partial charge in [-0.1, -0.05) is 50.8 Å². The van der Waals surface area contributed by atoms with Crippen LogP contribution < -0.4 is 5.32 Å². The summed E-state index contributed by atoms with van der Waals surface area (Å²) in [6.07, 6.45) is 18.0. The van der Waals surface area contributed by atoms with Crippen LogP contribution in [0.2, 0.25) is 0 Å². The highest BCUT2D eigenvalue weighted by molar-refractivity contribution is 5.87. The van der Waals surface area contributed by atoms with Gasteiger partial charge in [0.2, 0.25) is 0 Å². The number of carbonyl (C=O) groups is 2. The van der Waals surface area contributed by atoms with Crippen molar-refractivity contribution in [1.82, 2.24) is 5.32 Å². The lowest BCUT2D eigenvalue weighted by Crippen LogP contribution is -2.80. The van der Waals surface area contributed by atoms with Crippen LogP contribution in [0.25, 0.3) is 0 Å². The molecule has 6 fully saturated rings. The second kappa shape index (κ2) is 10.6. The normalized spacial score (nSPS) is 55.2. The number of likely N-dealkylation sites (N-methyl/N-ethyl adjacent to an activating group) is 1. The summed E-state index contributed by atoms with van der Waals surface area (Å²) in [4.78, 5) is 26.6. The van der Waals surface area contributed by atoms with Gasteiger partial charge in [0.1, 0.15) is 18.0 Å². The van der Waals surface area contributed by atoms with Gasteiger partial charge in [0.05, 0.1) is 22.7 Å². The lowest BCUT2D eigenvalue weighted by molar-refractivity contribution is -0.341. The van der Waals surface area contributed by atoms with Crippen LogP contribution in [0.3, 0.4) is 0 Å². The van der Waals surface area contributed by atoms with Gasteiger partial charge in [-0.15, -0.1) is 0 Å². The van der Waals surface area contributed by atoms with Gasteiger partial charge < -0.3 is 35.3 Å². The van der Waals surface area contributed by atoms with E-state index in [-0.39, 0.29) is 30.1 Å². The van der Waals surface area contributed by atoms with Gasteiger partial charge in [-0.2, -0.15) is 0 Å². The zero-order chi connectivity index (χ0) is 33.4. The molecule has 9 aliphatic rings. The van der Waals surface area contributed by atoms with Crippen LogP contribution in [-0.4, -0.2) is 75.3 Å². The molecule has 0 bridgehead atoms. The minimum atomic E-state index is -1.62. The maximum Gasteiger partial charge on any atom is 0.331 e. The van der Waals surface area contributed by atoms with Crippen molar-refractivity contribution < 1.29 is 34.8 Å². The largest absolute Gasteiger partial charge is 0.450 e. The highest BCUT2D eigenvalue weighted by Gasteiger charge is 2.82. The summed E-state index contributed by atoms with van der Waals surface area (Å²) in [7, 11) is 1.87. The number of aliphatic hydroxyl groups is 4. The van der Waals surface area contributed by atoms with Crippen molar-refractivity contribution in [3.8, 4) is 0 Å². The van der Waals surface area contributed by atoms with Crippen molar-refractivity contribution in [2.75, 3.05) is 13.6 Å². The Labute approximate surface area is 284 Å². The van der Waals surface area contributed by atoms with Gasteiger partial charge in [-0.05, 0) is 117 Å². The van der Waals surface area contributed by atoms with Crippen molar-refractivity contribution in [1.29, 1.82) is 0 Å². The van der Waals surface area contributed by atoms with Crippen molar-refractivity contribution >= 4 is 12.3 Å². The molecule has 1 heterocycles. The standard InChI is InChI=1S/C40H55NO7/c1-36-12-11-32-37(21-42)13-10-31(43)30-15-23-8-5-9-27(22-6-3-4-7-22)28(23)16-26(40(30,37)47)19-38(32,45)39(36,46)18-24-14-25(20-41-2)35-29(34(24)36)17-33(44)48-35/h5,8,14,17,21-24,26-28,30-32,34-35,41,43,45-47H,3-4,6-7,9-13,15-16,18-20H2,1-2H3. The first-order valence-electron chi connectivity index (χ1n) is 19.2. The van der Waals surface area contributed by atoms with Crippen LogP contribution in [0, 0.1) is 64.1 Å². The van der Waals surface area contributed by atoms with E-state index < -0.39 is 57.6 Å². The molecule has 6 saturated carbocycles. The fourth-order valence-corrected chi connectivity index (χ4v) is 15.0. The smallest absolute Gasteiger partial charge is 0.331 e. The number of nitrogens with one attached hydrogen (secondary N) is 1. The maximum absolute atomic E-state index is 13.9. The van der Waals surface area contributed by atoms with Crippen LogP contribution in [0.5, 0.6) is 0 Å². The van der Waals surface area contributed by atoms with Gasteiger partial charge in [-0.25, -0.2) is 4.79 Å². The van der Waals surface area contributed by atoms with Gasteiger partial charge in [0, 0.05) is 29.9 Å². The van der Waals surface area contributed by atoms with E-state index in [0.717, 1.165) is 23.9 Å². The molecule has 0 amide bonds. The molecule has 0 spiro atoms. The Morgan fingerprint density at radius 2 is 1.81 bits per heavy atom. The molecule has 0 radical (unpaired) electrons. The molecule has 0 aromatic carbocycles. The molecule has 0 saturated heterocycles. The molecule has 8 heteroatoms. The molecule has 8 aliphatic carbocycles. The third-order valence-corrected chi connectivity index (χ3v) is 16.8. The molecule has 8 nitrogen and oxygen atoms in total. The van der Waals surface area contributed by atoms with Gasteiger partial charge in [-0.3, -0.25) is 0 Å². The Hall–Kier alpha value is -1.84. The van der Waals surface area contributed by atoms with Crippen molar-refractivity contribution in [3.63, 3.8) is 0 Å². The minimum absolute atomic E-state index is 0.0919. The summed E-state index contributed by atoms with van der Waals surface area (Å²) in [6.45, 7) is 2.66. The lowest BCUT2D eigenvalue weighted by Gasteiger charge is -2.71. The summed E-state index contributed by atoms with van der Waals surface area (Å²) in [5.74, 6) is -0.467. The molecular weight excluding hydrogens is 606 g/mol. The van der Waals surface area contributed by atoms with Crippen LogP contribution in [0.15, 0.2) is 35.5 Å². The first-order chi connectivity index (χ1) is 23.0. The second-order valence-corrected chi connectivity index (χ2v) is 18.1. The average molecular weight is 662 g/mol. The Morgan fingerprint density at radius 3 is 2.56 bits per heavy atom. The highest BCUT2D eigenvalue weighted by atomic mass is 16.5. The number of ether oxygens (including phenoxy) is 1. The molecule has 0 aromatic heterocycles. The SMILES string of the molecule is CNCC1=CC2CC3(O)C(C)(CCC4C3(O)CC3CC5C(C=CCC5C5CCCC5)CC5C(O)CCC4(C=O)C35O)C2C2=CC(=O)OC12. The predicted molar refractivity (Wildman–Crippen MR) is 178 cm³/mol. The second-order valence-electron chi connectivity index (χ2n) is 18.1. The number of fused-ring (bicyclic) bond motifs is 9. The third-order valence-electron chi connectivity index (χ3n) is 16.8. The fourth-order valence-electron chi connectivity index (χ4n) is 15.0. The zero-order valence-electron chi connectivity index (χ0n) is 28.7. The molecule has 15 atom stereocenters. The van der Waals surface area contributed by atoms with E-state index in [1.54, 1.807) is 6.08 Å². The summed E-state index contributed by atoms with van der Waals surface area (Å²) in [5.41, 5.74) is -4.76. The van der Waals surface area contributed by atoms with E-state index >= 15 is 0 Å². The number of rotatable bonds is 4. The fraction of sp³-hybridized carbons (Fsp3) is 0.800. The summed E-state index contributed by atoms with van der Waals surface area (Å²) in [6, 6.07) is 0. The Kier molecular flexibility index (Phi) is 7.09. The number of allylic oxidation sites excluding steroid dienone is 3. The topological polar surface area (TPSA) is 136 Å². The molecular formula is C40H55NO7. The van der Waals surface area contributed by atoms with Crippen LogP contribution in [0.4, 0.5) is 0 Å². The van der Waals surface area contributed by atoms with Crippen molar-refractivity contribution in [3.05, 3.63) is 35.5 Å². The average Bonchev–Trinajstić information content (AvgIpc) is 3.76. The Bertz CT molecular complexity index is 1480. The number of esters is 1. The van der Waals surface area contributed by atoms with E-state index in [2.05, 4.69) is 30.5 Å². The first-order valence-corrected chi connectivity index (χ1v) is 19.2. The molecule has 1 aliphatic heterocycles. The molecule has 0 aromatic rings. The van der Waals surface area contributed by atoms with Gasteiger partial charge >= 0.3 is 5.97 Å². The highest BCUT2D eigenvalue weighted by Crippen LogP contribution is 2.76. The van der Waals surface area contributed by atoms with Crippen LogP contribution in [-0.2, 0) is 14.3 Å². The Balaban J connectivity index is 1.18. The van der Waals surface area contributed by atoms with Crippen molar-refractivity contribution in [2.45, 2.75) is 119 Å². The summed E-state index contributed by atoms with van der Waals surface area (Å²) >= 11 is 0. The molecule has 15 unspecified atom stereocenters. The number of hydrogen-bond donors (Lipinski definition) is 5. The van der Waals surface area contributed by atoms with E-state index in [4.69, 9.17) is 4.74 Å². The van der Waals surface area contributed by atoms with E-state index in [1.165, 1.54) is 25.7 Å². The number of aliphatic hydroxyl groups excluding tert-OH is 1. The van der Waals surface area contributed by atoms with Gasteiger partial charge in [0.25, 0.3) is 0 Å². The van der Waals surface area contributed by atoms with Crippen molar-refractivity contribution in [2.24, 2.45) is 64.1 Å². The van der Waals surface area contributed by atoms with E-state index in [1.807, 2.05) is 7.05 Å². The van der Waals surface area contributed by atoms with E-state index in [0.29, 0.717) is 69.2 Å². The number of carbonyl (C=O) groups excluding carboxylic acids is 2. The number of hydrogen-bond acceptors (Lipinski definition) is 8. The summed E-state index contributed by atoms with van der Waals surface area (Å²) in [5, 5.41) is 55.2. The quantitative estimate of drug-likeness (QED) is 0.173. The zero-order valence-corrected chi connectivity index (χ0v) is 28.7. The summed E-state index contributed by atoms with van der Waals surface area (Å²) < 4.78 is 5.83. The third kappa shape index (κ3) is 3.75. The maximum atomic E-state index is 13.9. The monoisotopic (exact) mass is 661 g/mol. The molecule has 9 rings (SSSR count). The molecule has 5 N–H and O–H groups in total. The Morgan fingerprint density at radius 1 is 1.02 bits per heavy atom. The first kappa shape index (κ1) is 32.1. The van der Waals surface area contributed by atoms with E-state index in [9.17, 15) is 30.0 Å². The molecule has 48 heavy (non-hydrogen) atoms. The van der Waals surface area contributed by atoms with Crippen LogP contribution in [0.1, 0.15) is 90.4 Å². The molecule has 262 valence electrons. The minimum Gasteiger partial charge on any atom is -0.450 e. The predicted octanol–water partition coefficient (Wildman–Crippen LogP) is 4.01. The van der Waals surface area contributed by atoms with Gasteiger partial charge in [0.15, 0.2) is 0 Å².